The fourth-order valence-electron chi connectivity index (χ4n) is 3.20. The summed E-state index contributed by atoms with van der Waals surface area (Å²) in [4.78, 5) is 2.70. The van der Waals surface area contributed by atoms with E-state index in [4.69, 9.17) is 5.73 Å². The maximum Gasteiger partial charge on any atom is 0.0166 e. The Balaban J connectivity index is 1.77. The minimum Gasteiger partial charge on any atom is -0.325 e. The molecule has 2 N–H and O–H groups in total. The van der Waals surface area contributed by atoms with Crippen LogP contribution in [0.5, 0.6) is 0 Å². The summed E-state index contributed by atoms with van der Waals surface area (Å²) in [5.74, 6) is 0.788. The van der Waals surface area contributed by atoms with E-state index in [1.807, 2.05) is 0 Å². The molecule has 0 bridgehead atoms. The fourth-order valence-corrected chi connectivity index (χ4v) is 3.20. The predicted molar refractivity (Wildman–Crippen MR) is 74.1 cm³/mol. The molecule has 0 unspecified atom stereocenters. The molecule has 2 heteroatoms. The highest BCUT2D eigenvalue weighted by atomic mass is 15.2. The zero-order valence-corrected chi connectivity index (χ0v) is 11.8. The number of rotatable bonds is 6. The van der Waals surface area contributed by atoms with E-state index < -0.39 is 0 Å². The molecule has 0 aliphatic heterocycles. The molecule has 0 radical (unpaired) electrons. The molecule has 2 nitrogen and oxygen atoms in total. The van der Waals surface area contributed by atoms with Crippen molar-refractivity contribution in [2.75, 3.05) is 13.1 Å². The van der Waals surface area contributed by atoms with Gasteiger partial charge in [-0.3, -0.25) is 0 Å². The van der Waals surface area contributed by atoms with Crippen LogP contribution in [0.3, 0.4) is 0 Å². The van der Waals surface area contributed by atoms with Gasteiger partial charge in [0.25, 0.3) is 0 Å². The molecule has 17 heavy (non-hydrogen) atoms. The van der Waals surface area contributed by atoms with Gasteiger partial charge in [-0.1, -0.05) is 33.1 Å². The van der Waals surface area contributed by atoms with Crippen molar-refractivity contribution in [1.29, 1.82) is 0 Å². The molecule has 0 heterocycles. The number of hydrogen-bond donors (Lipinski definition) is 1. The first kappa shape index (κ1) is 13.4. The molecular formula is C15H30N2. The highest BCUT2D eigenvalue weighted by Crippen LogP contribution is 2.32. The molecule has 0 saturated heterocycles. The Morgan fingerprint density at radius 1 is 1.18 bits per heavy atom. The van der Waals surface area contributed by atoms with E-state index in [0.29, 0.717) is 0 Å². The quantitative estimate of drug-likeness (QED) is 0.770. The fraction of sp³-hybridized carbons (Fsp3) is 1.00. The Morgan fingerprint density at radius 2 is 1.82 bits per heavy atom. The third-order valence-corrected chi connectivity index (χ3v) is 4.41. The van der Waals surface area contributed by atoms with Gasteiger partial charge in [0.05, 0.1) is 0 Å². The minimum atomic E-state index is 0.169. The summed E-state index contributed by atoms with van der Waals surface area (Å²) < 4.78 is 0. The largest absolute Gasteiger partial charge is 0.325 e. The van der Waals surface area contributed by atoms with Gasteiger partial charge in [0, 0.05) is 24.7 Å². The third kappa shape index (κ3) is 4.26. The second-order valence-corrected chi connectivity index (χ2v) is 6.79. The van der Waals surface area contributed by atoms with Gasteiger partial charge in [-0.25, -0.2) is 0 Å². The zero-order chi connectivity index (χ0) is 12.3. The lowest BCUT2D eigenvalue weighted by atomic mass is 9.80. The second kappa shape index (κ2) is 5.71. The summed E-state index contributed by atoms with van der Waals surface area (Å²) in [6.07, 6.45) is 10.7. The van der Waals surface area contributed by atoms with Crippen molar-refractivity contribution in [1.82, 2.24) is 4.90 Å². The van der Waals surface area contributed by atoms with E-state index in [-0.39, 0.29) is 5.54 Å². The third-order valence-electron chi connectivity index (χ3n) is 4.41. The van der Waals surface area contributed by atoms with Gasteiger partial charge in [0.1, 0.15) is 0 Å². The standard InChI is InChI=1S/C15H30N2/c1-13(2)12-17(14-6-7-14)11-10-15(16)8-4-3-5-9-15/h13-14H,3-12,16H2,1-2H3. The van der Waals surface area contributed by atoms with Crippen LogP contribution in [0.25, 0.3) is 0 Å². The average molecular weight is 238 g/mol. The molecule has 2 rings (SSSR count). The van der Waals surface area contributed by atoms with Crippen molar-refractivity contribution in [3.05, 3.63) is 0 Å². The van der Waals surface area contributed by atoms with Gasteiger partial charge in [-0.05, 0) is 38.0 Å². The van der Waals surface area contributed by atoms with Crippen LogP contribution in [0.1, 0.15) is 65.2 Å². The Morgan fingerprint density at radius 3 is 2.35 bits per heavy atom. The maximum absolute atomic E-state index is 6.53. The smallest absolute Gasteiger partial charge is 0.0166 e. The molecule has 2 saturated carbocycles. The molecule has 2 aliphatic carbocycles. The van der Waals surface area contributed by atoms with E-state index in [2.05, 4.69) is 18.7 Å². The monoisotopic (exact) mass is 238 g/mol. The van der Waals surface area contributed by atoms with E-state index in [1.165, 1.54) is 64.5 Å². The second-order valence-electron chi connectivity index (χ2n) is 6.79. The van der Waals surface area contributed by atoms with Crippen molar-refractivity contribution >= 4 is 0 Å². The first-order chi connectivity index (χ1) is 8.09. The van der Waals surface area contributed by atoms with Crippen LogP contribution in [-0.2, 0) is 0 Å². The maximum atomic E-state index is 6.53. The molecule has 0 spiro atoms. The van der Waals surface area contributed by atoms with Crippen LogP contribution < -0.4 is 5.73 Å². The summed E-state index contributed by atoms with van der Waals surface area (Å²) in [6.45, 7) is 7.16. The number of hydrogen-bond acceptors (Lipinski definition) is 2. The summed E-state index contributed by atoms with van der Waals surface area (Å²) in [5.41, 5.74) is 6.70. The predicted octanol–water partition coefficient (Wildman–Crippen LogP) is 3.16. The van der Waals surface area contributed by atoms with E-state index >= 15 is 0 Å². The van der Waals surface area contributed by atoms with E-state index in [1.54, 1.807) is 0 Å². The first-order valence-corrected chi connectivity index (χ1v) is 7.62. The van der Waals surface area contributed by atoms with Crippen molar-refractivity contribution in [2.45, 2.75) is 76.8 Å². The summed E-state index contributed by atoms with van der Waals surface area (Å²) in [6, 6.07) is 0.893. The van der Waals surface area contributed by atoms with Crippen molar-refractivity contribution in [3.63, 3.8) is 0 Å². The van der Waals surface area contributed by atoms with Crippen LogP contribution in [-0.4, -0.2) is 29.6 Å². The molecule has 2 fully saturated rings. The zero-order valence-electron chi connectivity index (χ0n) is 11.8. The highest BCUT2D eigenvalue weighted by molar-refractivity contribution is 4.91. The minimum absolute atomic E-state index is 0.169. The van der Waals surface area contributed by atoms with Crippen molar-refractivity contribution < 1.29 is 0 Å². The van der Waals surface area contributed by atoms with Gasteiger partial charge in [0.2, 0.25) is 0 Å². The van der Waals surface area contributed by atoms with Crippen LogP contribution in [0.4, 0.5) is 0 Å². The molecule has 2 aliphatic rings. The number of nitrogens with two attached hydrogens (primary N) is 1. The van der Waals surface area contributed by atoms with Crippen LogP contribution in [0.2, 0.25) is 0 Å². The average Bonchev–Trinajstić information content (AvgIpc) is 3.08. The van der Waals surface area contributed by atoms with Gasteiger partial charge in [0.15, 0.2) is 0 Å². The molecule has 100 valence electrons. The number of nitrogens with zero attached hydrogens (tertiary/aromatic N) is 1. The Kier molecular flexibility index (Phi) is 4.48. The van der Waals surface area contributed by atoms with Crippen LogP contribution >= 0.6 is 0 Å². The summed E-state index contributed by atoms with van der Waals surface area (Å²) in [7, 11) is 0. The van der Waals surface area contributed by atoms with E-state index in [0.717, 1.165) is 12.0 Å². The molecule has 0 aromatic heterocycles. The first-order valence-electron chi connectivity index (χ1n) is 7.62. The van der Waals surface area contributed by atoms with Gasteiger partial charge >= 0.3 is 0 Å². The topological polar surface area (TPSA) is 29.3 Å². The van der Waals surface area contributed by atoms with Crippen LogP contribution in [0.15, 0.2) is 0 Å². The molecule has 0 amide bonds. The lowest BCUT2D eigenvalue weighted by Crippen LogP contribution is -2.45. The van der Waals surface area contributed by atoms with Gasteiger partial charge < -0.3 is 10.6 Å². The van der Waals surface area contributed by atoms with Crippen molar-refractivity contribution in [3.8, 4) is 0 Å². The molecule has 0 aromatic carbocycles. The van der Waals surface area contributed by atoms with Gasteiger partial charge in [-0.2, -0.15) is 0 Å². The summed E-state index contributed by atoms with van der Waals surface area (Å²) in [5, 5.41) is 0. The lowest BCUT2D eigenvalue weighted by molar-refractivity contribution is 0.187. The SMILES string of the molecule is CC(C)CN(CCC1(N)CCCCC1)C1CC1. The van der Waals surface area contributed by atoms with E-state index in [9.17, 15) is 0 Å². The van der Waals surface area contributed by atoms with Gasteiger partial charge in [-0.15, -0.1) is 0 Å². The lowest BCUT2D eigenvalue weighted by Gasteiger charge is -2.36. The molecular weight excluding hydrogens is 208 g/mol. The summed E-state index contributed by atoms with van der Waals surface area (Å²) >= 11 is 0. The Hall–Kier alpha value is -0.0800. The Labute approximate surface area is 107 Å². The van der Waals surface area contributed by atoms with Crippen LogP contribution in [0, 0.1) is 5.92 Å². The molecule has 0 aromatic rings. The highest BCUT2D eigenvalue weighted by Gasteiger charge is 2.32. The normalized spacial score (nSPS) is 24.5. The molecule has 0 atom stereocenters. The van der Waals surface area contributed by atoms with Crippen molar-refractivity contribution in [2.24, 2.45) is 11.7 Å². The Bertz CT molecular complexity index is 227.